The van der Waals surface area contributed by atoms with Crippen LogP contribution >= 0.6 is 0 Å². The molecule has 7 nitrogen and oxygen atoms in total. The number of halogens is 1. The monoisotopic (exact) mass is 433 g/mol. The second kappa shape index (κ2) is 8.37. The summed E-state index contributed by atoms with van der Waals surface area (Å²) in [6, 6.07) is 13.2. The Balaban J connectivity index is 1.68. The first kappa shape index (κ1) is 21.4. The lowest BCUT2D eigenvalue weighted by atomic mass is 10.2. The average Bonchev–Trinajstić information content (AvgIpc) is 3.13. The first-order valence-corrected chi connectivity index (χ1v) is 10.3. The quantitative estimate of drug-likeness (QED) is 0.522. The Hall–Kier alpha value is -3.81. The van der Waals surface area contributed by atoms with Gasteiger partial charge in [-0.15, -0.1) is 0 Å². The van der Waals surface area contributed by atoms with Crippen molar-refractivity contribution in [3.8, 4) is 5.69 Å². The van der Waals surface area contributed by atoms with E-state index in [1.54, 1.807) is 36.7 Å². The van der Waals surface area contributed by atoms with Crippen LogP contribution in [0.25, 0.3) is 16.6 Å². The van der Waals surface area contributed by atoms with Gasteiger partial charge in [0.05, 0.1) is 22.5 Å². The molecule has 32 heavy (non-hydrogen) atoms. The summed E-state index contributed by atoms with van der Waals surface area (Å²) in [4.78, 5) is 25.9. The maximum atomic E-state index is 13.8. The summed E-state index contributed by atoms with van der Waals surface area (Å²) in [6.07, 6.45) is 0. The Morgan fingerprint density at radius 1 is 1.06 bits per heavy atom. The van der Waals surface area contributed by atoms with Crippen LogP contribution in [0.2, 0.25) is 0 Å². The first-order chi connectivity index (χ1) is 15.3. The molecule has 1 amide bonds. The van der Waals surface area contributed by atoms with Gasteiger partial charge in [-0.25, -0.2) is 13.8 Å². The zero-order chi connectivity index (χ0) is 23.0. The highest BCUT2D eigenvalue weighted by atomic mass is 19.1. The van der Waals surface area contributed by atoms with E-state index >= 15 is 0 Å². The molecule has 0 radical (unpaired) electrons. The highest BCUT2D eigenvalue weighted by Gasteiger charge is 2.23. The summed E-state index contributed by atoms with van der Waals surface area (Å²) >= 11 is 0. The van der Waals surface area contributed by atoms with Gasteiger partial charge in [-0.05, 0) is 45.9 Å². The Kier molecular flexibility index (Phi) is 5.61. The van der Waals surface area contributed by atoms with E-state index in [1.165, 1.54) is 6.07 Å². The molecule has 0 spiro atoms. The summed E-state index contributed by atoms with van der Waals surface area (Å²) < 4.78 is 16.7. The number of nitrogens with one attached hydrogen (secondary N) is 1. The van der Waals surface area contributed by atoms with Crippen molar-refractivity contribution in [3.05, 3.63) is 87.2 Å². The van der Waals surface area contributed by atoms with Crippen molar-refractivity contribution in [1.82, 2.24) is 24.9 Å². The van der Waals surface area contributed by atoms with E-state index in [0.29, 0.717) is 16.6 Å². The summed E-state index contributed by atoms with van der Waals surface area (Å²) in [7, 11) is 0. The van der Waals surface area contributed by atoms with Crippen LogP contribution in [-0.2, 0) is 11.3 Å². The van der Waals surface area contributed by atoms with Gasteiger partial charge in [0.25, 0.3) is 5.56 Å². The molecule has 0 fully saturated rings. The molecule has 8 heteroatoms. The number of carbonyl (C=O) groups is 1. The molecule has 0 bridgehead atoms. The Bertz CT molecular complexity index is 1370. The smallest absolute Gasteiger partial charge is 0.295 e. The maximum absolute atomic E-state index is 13.8. The van der Waals surface area contributed by atoms with Gasteiger partial charge >= 0.3 is 0 Å². The summed E-state index contributed by atoms with van der Waals surface area (Å²) in [5.74, 6) is -0.832. The predicted molar refractivity (Wildman–Crippen MR) is 120 cm³/mol. The Morgan fingerprint density at radius 3 is 2.44 bits per heavy atom. The molecule has 2 aromatic carbocycles. The van der Waals surface area contributed by atoms with Crippen LogP contribution in [0.3, 0.4) is 0 Å². The number of rotatable bonds is 5. The van der Waals surface area contributed by atoms with E-state index in [-0.39, 0.29) is 12.1 Å². The summed E-state index contributed by atoms with van der Waals surface area (Å²) in [5.41, 5.74) is 3.53. The fourth-order valence-electron chi connectivity index (χ4n) is 3.73. The number of fused-ring (bicyclic) bond motifs is 1. The fraction of sp³-hybridized carbons (Fsp3) is 0.250. The lowest BCUT2D eigenvalue weighted by Gasteiger charge is -2.15. The molecule has 0 aliphatic carbocycles. The Labute approximate surface area is 184 Å². The normalized spacial score (nSPS) is 12.2. The highest BCUT2D eigenvalue weighted by Crippen LogP contribution is 2.22. The Morgan fingerprint density at radius 2 is 1.75 bits per heavy atom. The van der Waals surface area contributed by atoms with Crippen molar-refractivity contribution in [2.75, 3.05) is 0 Å². The molecule has 4 aromatic rings. The van der Waals surface area contributed by atoms with Crippen LogP contribution in [0.4, 0.5) is 4.39 Å². The molecule has 2 aromatic heterocycles. The van der Waals surface area contributed by atoms with Crippen LogP contribution in [0.5, 0.6) is 0 Å². The molecule has 2 heterocycles. The molecule has 0 saturated heterocycles. The van der Waals surface area contributed by atoms with Crippen molar-refractivity contribution in [1.29, 1.82) is 0 Å². The van der Waals surface area contributed by atoms with Gasteiger partial charge in [-0.3, -0.25) is 9.59 Å². The third kappa shape index (κ3) is 3.79. The van der Waals surface area contributed by atoms with E-state index in [2.05, 4.69) is 15.5 Å². The van der Waals surface area contributed by atoms with E-state index in [9.17, 15) is 14.0 Å². The van der Waals surface area contributed by atoms with Crippen molar-refractivity contribution in [2.24, 2.45) is 0 Å². The second-order valence-electron chi connectivity index (χ2n) is 7.88. The number of nitrogens with zero attached hydrogens (tertiary/aromatic N) is 4. The van der Waals surface area contributed by atoms with Gasteiger partial charge < -0.3 is 5.32 Å². The zero-order valence-corrected chi connectivity index (χ0v) is 18.4. The van der Waals surface area contributed by atoms with Crippen molar-refractivity contribution >= 4 is 16.8 Å². The molecule has 1 N–H and O–H groups in total. The van der Waals surface area contributed by atoms with Gasteiger partial charge in [0, 0.05) is 12.1 Å². The molecule has 164 valence electrons. The van der Waals surface area contributed by atoms with E-state index in [0.717, 1.165) is 21.6 Å². The maximum Gasteiger partial charge on any atom is 0.295 e. The van der Waals surface area contributed by atoms with Gasteiger partial charge in [0.2, 0.25) is 5.91 Å². The van der Waals surface area contributed by atoms with Crippen LogP contribution in [0.1, 0.15) is 35.5 Å². The number of carbonyl (C=O) groups excluding carboxylic acids is 1. The average molecular weight is 433 g/mol. The lowest BCUT2D eigenvalue weighted by molar-refractivity contribution is -0.124. The second-order valence-corrected chi connectivity index (χ2v) is 7.88. The predicted octanol–water partition coefficient (Wildman–Crippen LogP) is 3.52. The topological polar surface area (TPSA) is 81.8 Å². The fourth-order valence-corrected chi connectivity index (χ4v) is 3.73. The molecule has 4 rings (SSSR count). The SMILES string of the molecule is Cc1ccc(-n2nc3c(=O)n([C@H](C)C(=O)NCc4ccccc4F)nc(C)c3c2C)cc1. The standard InChI is InChI=1S/C24H24FN5O2/c1-14-9-11-19(12-10-14)29-16(3)21-15(2)27-30(24(32)22(21)28-29)17(4)23(31)26-13-18-7-5-6-8-20(18)25/h5-12,17H,13H2,1-4H3,(H,26,31)/t17-/m1/s1. The molecule has 0 aliphatic rings. The molecule has 0 saturated carbocycles. The van der Waals surface area contributed by atoms with Crippen LogP contribution in [0.15, 0.2) is 53.3 Å². The molecular weight excluding hydrogens is 409 g/mol. The third-order valence-corrected chi connectivity index (χ3v) is 5.58. The zero-order valence-electron chi connectivity index (χ0n) is 18.4. The number of hydrogen-bond acceptors (Lipinski definition) is 4. The third-order valence-electron chi connectivity index (χ3n) is 5.58. The number of benzene rings is 2. The molecular formula is C24H24FN5O2. The first-order valence-electron chi connectivity index (χ1n) is 10.3. The highest BCUT2D eigenvalue weighted by molar-refractivity contribution is 5.84. The van der Waals surface area contributed by atoms with Crippen molar-refractivity contribution in [2.45, 2.75) is 40.3 Å². The number of aryl methyl sites for hydroxylation is 3. The van der Waals surface area contributed by atoms with Crippen LogP contribution in [0, 0.1) is 26.6 Å². The summed E-state index contributed by atoms with van der Waals surface area (Å²) in [5, 5.41) is 12.3. The number of aromatic nitrogens is 4. The van der Waals surface area contributed by atoms with Gasteiger partial charge in [0.1, 0.15) is 11.9 Å². The minimum atomic E-state index is -0.887. The number of hydrogen-bond donors (Lipinski definition) is 1. The lowest BCUT2D eigenvalue weighted by Crippen LogP contribution is -2.37. The van der Waals surface area contributed by atoms with Crippen molar-refractivity contribution < 1.29 is 9.18 Å². The van der Waals surface area contributed by atoms with Crippen molar-refractivity contribution in [3.63, 3.8) is 0 Å². The largest absolute Gasteiger partial charge is 0.350 e. The summed E-state index contributed by atoms with van der Waals surface area (Å²) in [6.45, 7) is 7.28. The number of amides is 1. The van der Waals surface area contributed by atoms with Crippen LogP contribution < -0.4 is 10.9 Å². The van der Waals surface area contributed by atoms with Crippen LogP contribution in [-0.4, -0.2) is 25.5 Å². The van der Waals surface area contributed by atoms with E-state index in [4.69, 9.17) is 0 Å². The molecule has 0 unspecified atom stereocenters. The van der Waals surface area contributed by atoms with Gasteiger partial charge in [-0.2, -0.15) is 10.2 Å². The molecule has 1 atom stereocenters. The van der Waals surface area contributed by atoms with Gasteiger partial charge in [-0.1, -0.05) is 35.9 Å². The van der Waals surface area contributed by atoms with E-state index in [1.807, 2.05) is 38.1 Å². The minimum Gasteiger partial charge on any atom is -0.350 e. The van der Waals surface area contributed by atoms with Gasteiger partial charge in [0.15, 0.2) is 5.52 Å². The van der Waals surface area contributed by atoms with E-state index < -0.39 is 23.3 Å². The minimum absolute atomic E-state index is 0.0208. The molecule has 0 aliphatic heterocycles.